The maximum absolute atomic E-state index is 12.4. The molecule has 3 aromatic rings. The van der Waals surface area contributed by atoms with Crippen molar-refractivity contribution in [2.45, 2.75) is 4.90 Å². The van der Waals surface area contributed by atoms with Crippen LogP contribution in [0.1, 0.15) is 20.7 Å². The number of hydrogen-bond donors (Lipinski definition) is 2. The van der Waals surface area contributed by atoms with Crippen molar-refractivity contribution in [3.63, 3.8) is 0 Å². The Morgan fingerprint density at radius 1 is 1.17 bits per heavy atom. The number of rotatable bonds is 4. The van der Waals surface area contributed by atoms with Gasteiger partial charge in [0.2, 0.25) is 5.91 Å². The average Bonchev–Trinajstić information content (AvgIpc) is 3.15. The minimum absolute atomic E-state index is 0.100. The largest absolute Gasteiger partial charge is 0.423 e. The summed E-state index contributed by atoms with van der Waals surface area (Å²) in [5.41, 5.74) is 1.95. The van der Waals surface area contributed by atoms with Gasteiger partial charge < -0.3 is 15.4 Å². The zero-order chi connectivity index (χ0) is 20.4. The zero-order valence-corrected chi connectivity index (χ0v) is 16.2. The summed E-state index contributed by atoms with van der Waals surface area (Å²) < 4.78 is 6.93. The van der Waals surface area contributed by atoms with Crippen LogP contribution in [0.25, 0.3) is 0 Å². The van der Waals surface area contributed by atoms with E-state index in [-0.39, 0.29) is 11.8 Å². The van der Waals surface area contributed by atoms with Crippen LogP contribution in [0.4, 0.5) is 11.4 Å². The first kappa shape index (κ1) is 18.8. The number of thioether (sulfide) groups is 1. The summed E-state index contributed by atoms with van der Waals surface area (Å²) in [6.07, 6.45) is 3.09. The van der Waals surface area contributed by atoms with Crippen molar-refractivity contribution in [3.8, 4) is 5.75 Å². The second-order valence-corrected chi connectivity index (χ2v) is 7.34. The Bertz CT molecular complexity index is 1110. The number of anilines is 2. The first-order valence-corrected chi connectivity index (χ1v) is 9.65. The minimum Gasteiger partial charge on any atom is -0.423 e. The van der Waals surface area contributed by atoms with Gasteiger partial charge in [-0.3, -0.25) is 14.3 Å². The van der Waals surface area contributed by atoms with E-state index in [1.54, 1.807) is 60.4 Å². The maximum atomic E-state index is 12.4. The molecule has 1 aliphatic rings. The van der Waals surface area contributed by atoms with E-state index in [1.165, 1.54) is 18.0 Å². The quantitative estimate of drug-likeness (QED) is 0.508. The Balaban J connectivity index is 1.41. The third-order valence-corrected chi connectivity index (χ3v) is 5.21. The smallest absolute Gasteiger partial charge is 0.343 e. The molecular formula is C20H16N4O4S. The summed E-state index contributed by atoms with van der Waals surface area (Å²) >= 11 is 1.42. The number of hydrogen-bond acceptors (Lipinski definition) is 6. The third kappa shape index (κ3) is 4.30. The SMILES string of the molecule is Cn1cc(C(=O)Nc2ccc(OC(=O)c3ccc4c(c3)NC(=O)CS4)cc2)cn1. The minimum atomic E-state index is -0.537. The van der Waals surface area contributed by atoms with Gasteiger partial charge in [-0.05, 0) is 42.5 Å². The van der Waals surface area contributed by atoms with Crippen molar-refractivity contribution >= 4 is 40.9 Å². The number of aryl methyl sites for hydroxylation is 1. The summed E-state index contributed by atoms with van der Waals surface area (Å²) in [6, 6.07) is 11.5. The molecule has 8 nitrogen and oxygen atoms in total. The number of carbonyl (C=O) groups is 3. The van der Waals surface area contributed by atoms with Crippen LogP contribution in [-0.4, -0.2) is 33.3 Å². The molecule has 1 aromatic heterocycles. The molecule has 146 valence electrons. The molecule has 2 aromatic carbocycles. The predicted octanol–water partition coefficient (Wildman–Crippen LogP) is 2.94. The van der Waals surface area contributed by atoms with E-state index in [4.69, 9.17) is 4.74 Å². The molecule has 1 aliphatic heterocycles. The fourth-order valence-electron chi connectivity index (χ4n) is 2.72. The van der Waals surface area contributed by atoms with Gasteiger partial charge >= 0.3 is 5.97 Å². The molecule has 4 rings (SSSR count). The first-order chi connectivity index (χ1) is 14.0. The van der Waals surface area contributed by atoms with Crippen LogP contribution in [0, 0.1) is 0 Å². The lowest BCUT2D eigenvalue weighted by molar-refractivity contribution is -0.113. The molecule has 0 saturated carbocycles. The Labute approximate surface area is 170 Å². The molecule has 0 fully saturated rings. The molecule has 9 heteroatoms. The summed E-state index contributed by atoms with van der Waals surface area (Å²) in [6.45, 7) is 0. The highest BCUT2D eigenvalue weighted by molar-refractivity contribution is 8.00. The molecule has 0 bridgehead atoms. The monoisotopic (exact) mass is 408 g/mol. The van der Waals surface area contributed by atoms with Gasteiger partial charge in [-0.25, -0.2) is 4.79 Å². The van der Waals surface area contributed by atoms with Gasteiger partial charge in [0.15, 0.2) is 0 Å². The molecule has 2 N–H and O–H groups in total. The van der Waals surface area contributed by atoms with Gasteiger partial charge in [-0.1, -0.05) is 0 Å². The second-order valence-electron chi connectivity index (χ2n) is 6.32. The van der Waals surface area contributed by atoms with Crippen LogP contribution in [0.5, 0.6) is 5.75 Å². The van der Waals surface area contributed by atoms with Gasteiger partial charge in [0.05, 0.1) is 28.8 Å². The molecule has 29 heavy (non-hydrogen) atoms. The lowest BCUT2D eigenvalue weighted by atomic mass is 10.2. The fraction of sp³-hybridized carbons (Fsp3) is 0.100. The van der Waals surface area contributed by atoms with E-state index in [0.29, 0.717) is 34.0 Å². The van der Waals surface area contributed by atoms with Gasteiger partial charge in [-0.2, -0.15) is 5.10 Å². The highest BCUT2D eigenvalue weighted by Gasteiger charge is 2.18. The zero-order valence-electron chi connectivity index (χ0n) is 15.3. The molecule has 0 spiro atoms. The van der Waals surface area contributed by atoms with E-state index in [1.807, 2.05) is 0 Å². The first-order valence-electron chi connectivity index (χ1n) is 8.67. The normalized spacial score (nSPS) is 12.7. The Hall–Kier alpha value is -3.59. The van der Waals surface area contributed by atoms with E-state index < -0.39 is 5.97 Å². The summed E-state index contributed by atoms with van der Waals surface area (Å²) in [5, 5.41) is 9.45. The van der Waals surface area contributed by atoms with Crippen molar-refractivity contribution in [1.82, 2.24) is 9.78 Å². The number of carbonyl (C=O) groups excluding carboxylic acids is 3. The summed E-state index contributed by atoms with van der Waals surface area (Å²) in [5.74, 6) is -0.218. The molecule has 0 atom stereocenters. The number of benzene rings is 2. The molecule has 0 radical (unpaired) electrons. The summed E-state index contributed by atoms with van der Waals surface area (Å²) in [4.78, 5) is 37.0. The van der Waals surface area contributed by atoms with Crippen molar-refractivity contribution in [3.05, 3.63) is 66.0 Å². The fourth-order valence-corrected chi connectivity index (χ4v) is 3.51. The van der Waals surface area contributed by atoms with Gasteiger partial charge in [-0.15, -0.1) is 11.8 Å². The van der Waals surface area contributed by atoms with E-state index in [2.05, 4.69) is 15.7 Å². The number of nitrogens with one attached hydrogen (secondary N) is 2. The topological polar surface area (TPSA) is 102 Å². The molecule has 0 aliphatic carbocycles. The van der Waals surface area contributed by atoms with Crippen LogP contribution in [0.2, 0.25) is 0 Å². The standard InChI is InChI=1S/C20H16N4O4S/c1-24-10-13(9-21-24)19(26)22-14-3-5-15(6-4-14)28-20(27)12-2-7-17-16(8-12)23-18(25)11-29-17/h2-10H,11H2,1H3,(H,22,26)(H,23,25). The molecule has 0 unspecified atom stereocenters. The average molecular weight is 408 g/mol. The summed E-state index contributed by atoms with van der Waals surface area (Å²) in [7, 11) is 1.73. The van der Waals surface area contributed by atoms with Crippen LogP contribution in [0.15, 0.2) is 59.8 Å². The highest BCUT2D eigenvalue weighted by atomic mass is 32.2. The van der Waals surface area contributed by atoms with Crippen LogP contribution in [0.3, 0.4) is 0 Å². The van der Waals surface area contributed by atoms with Crippen LogP contribution < -0.4 is 15.4 Å². The van der Waals surface area contributed by atoms with Crippen molar-refractivity contribution in [2.75, 3.05) is 16.4 Å². The van der Waals surface area contributed by atoms with E-state index in [9.17, 15) is 14.4 Å². The predicted molar refractivity (Wildman–Crippen MR) is 108 cm³/mol. The maximum Gasteiger partial charge on any atom is 0.343 e. The number of nitrogens with zero attached hydrogens (tertiary/aromatic N) is 2. The molecular weight excluding hydrogens is 392 g/mol. The second kappa shape index (κ2) is 7.80. The number of fused-ring (bicyclic) bond motifs is 1. The van der Waals surface area contributed by atoms with Crippen LogP contribution in [-0.2, 0) is 11.8 Å². The highest BCUT2D eigenvalue weighted by Crippen LogP contribution is 2.32. The van der Waals surface area contributed by atoms with Crippen molar-refractivity contribution in [2.24, 2.45) is 7.05 Å². The lowest BCUT2D eigenvalue weighted by Crippen LogP contribution is -2.19. The van der Waals surface area contributed by atoms with Gasteiger partial charge in [0, 0.05) is 23.8 Å². The van der Waals surface area contributed by atoms with Gasteiger partial charge in [0.1, 0.15) is 5.75 Å². The molecule has 2 amide bonds. The Kier molecular flexibility index (Phi) is 5.05. The third-order valence-electron chi connectivity index (χ3n) is 4.14. The Morgan fingerprint density at radius 2 is 1.97 bits per heavy atom. The number of ether oxygens (including phenoxy) is 1. The molecule has 2 heterocycles. The van der Waals surface area contributed by atoms with E-state index >= 15 is 0 Å². The van der Waals surface area contributed by atoms with Crippen molar-refractivity contribution in [1.29, 1.82) is 0 Å². The number of aromatic nitrogens is 2. The molecule has 0 saturated heterocycles. The number of esters is 1. The van der Waals surface area contributed by atoms with Gasteiger partial charge in [0.25, 0.3) is 5.91 Å². The Morgan fingerprint density at radius 3 is 2.69 bits per heavy atom. The van der Waals surface area contributed by atoms with Crippen molar-refractivity contribution < 1.29 is 19.1 Å². The number of amides is 2. The van der Waals surface area contributed by atoms with Crippen LogP contribution >= 0.6 is 11.8 Å². The lowest BCUT2D eigenvalue weighted by Gasteiger charge is -2.16. The van der Waals surface area contributed by atoms with E-state index in [0.717, 1.165) is 4.90 Å².